The van der Waals surface area contributed by atoms with Crippen molar-refractivity contribution in [2.24, 2.45) is 5.10 Å². The molecule has 0 aromatic heterocycles. The largest absolute Gasteiger partial charge is 0.497 e. The number of hydrogen-bond donors (Lipinski definition) is 2. The summed E-state index contributed by atoms with van der Waals surface area (Å²) in [6.07, 6.45) is 1.78. The molecule has 0 amide bonds. The van der Waals surface area contributed by atoms with E-state index >= 15 is 0 Å². The predicted molar refractivity (Wildman–Crippen MR) is 119 cm³/mol. The van der Waals surface area contributed by atoms with Crippen LogP contribution in [0.5, 0.6) is 23.0 Å². The number of rotatable bonds is 8. The van der Waals surface area contributed by atoms with Crippen LogP contribution in [-0.4, -0.2) is 45.2 Å². The lowest BCUT2D eigenvalue weighted by Gasteiger charge is -2.17. The molecule has 0 aliphatic carbocycles. The van der Waals surface area contributed by atoms with Crippen molar-refractivity contribution in [1.82, 2.24) is 5.43 Å². The fraction of sp³-hybridized carbons (Fsp3) is 0.391. The zero-order valence-electron chi connectivity index (χ0n) is 18.6. The second-order valence-corrected chi connectivity index (χ2v) is 6.78. The molecule has 168 valence electrons. The number of carbonyl (C=O) groups is 1. The van der Waals surface area contributed by atoms with Gasteiger partial charge in [0.15, 0.2) is 11.5 Å². The lowest BCUT2D eigenvalue weighted by atomic mass is 9.98. The van der Waals surface area contributed by atoms with Crippen molar-refractivity contribution >= 4 is 11.7 Å². The molecule has 0 saturated carbocycles. The Kier molecular flexibility index (Phi) is 8.99. The molecule has 8 nitrogen and oxygen atoms in total. The van der Waals surface area contributed by atoms with Crippen molar-refractivity contribution in [3.8, 4) is 23.0 Å². The average molecular weight is 431 g/mol. The van der Waals surface area contributed by atoms with Crippen molar-refractivity contribution < 1.29 is 28.8 Å². The monoisotopic (exact) mass is 430 g/mol. The Labute approximate surface area is 182 Å². The SMILES string of the molecule is CCCC(=O)O.COc1cccc(C2=NNC(c3cc(OC)c(OC)c(OC)c3)C2)c1. The molecule has 0 spiro atoms. The predicted octanol–water partition coefficient (Wildman–Crippen LogP) is 4.03. The molecule has 1 aliphatic heterocycles. The fourth-order valence-corrected chi connectivity index (χ4v) is 3.13. The first-order chi connectivity index (χ1) is 15.0. The molecule has 2 N–H and O–H groups in total. The number of benzene rings is 2. The first-order valence-electron chi connectivity index (χ1n) is 9.95. The third kappa shape index (κ3) is 6.28. The number of hydrogen-bond acceptors (Lipinski definition) is 7. The highest BCUT2D eigenvalue weighted by atomic mass is 16.5. The van der Waals surface area contributed by atoms with Gasteiger partial charge in [0, 0.05) is 18.4 Å². The van der Waals surface area contributed by atoms with E-state index in [9.17, 15) is 4.79 Å². The summed E-state index contributed by atoms with van der Waals surface area (Å²) in [5.74, 6) is 1.96. The Morgan fingerprint density at radius 2 is 1.74 bits per heavy atom. The Hall–Kier alpha value is -3.42. The van der Waals surface area contributed by atoms with Crippen LogP contribution in [0.2, 0.25) is 0 Å². The van der Waals surface area contributed by atoms with Gasteiger partial charge in [-0.15, -0.1) is 0 Å². The maximum Gasteiger partial charge on any atom is 0.303 e. The number of carboxylic acid groups (broad SMARTS) is 1. The van der Waals surface area contributed by atoms with Crippen molar-refractivity contribution in [2.75, 3.05) is 28.4 Å². The molecule has 1 heterocycles. The van der Waals surface area contributed by atoms with Gasteiger partial charge in [-0.25, -0.2) is 0 Å². The summed E-state index contributed by atoms with van der Waals surface area (Å²) in [4.78, 5) is 9.60. The van der Waals surface area contributed by atoms with Gasteiger partial charge >= 0.3 is 5.97 Å². The summed E-state index contributed by atoms with van der Waals surface area (Å²) in [6.45, 7) is 1.84. The normalized spacial score (nSPS) is 14.5. The smallest absolute Gasteiger partial charge is 0.303 e. The van der Waals surface area contributed by atoms with E-state index in [4.69, 9.17) is 24.1 Å². The van der Waals surface area contributed by atoms with Crippen LogP contribution in [0, 0.1) is 0 Å². The minimum atomic E-state index is -0.711. The molecule has 0 saturated heterocycles. The Morgan fingerprint density at radius 1 is 1.06 bits per heavy atom. The number of carboxylic acids is 1. The van der Waals surface area contributed by atoms with Gasteiger partial charge < -0.3 is 29.5 Å². The summed E-state index contributed by atoms with van der Waals surface area (Å²) >= 11 is 0. The van der Waals surface area contributed by atoms with Crippen LogP contribution in [0.4, 0.5) is 0 Å². The van der Waals surface area contributed by atoms with Crippen LogP contribution in [-0.2, 0) is 4.79 Å². The lowest BCUT2D eigenvalue weighted by molar-refractivity contribution is -0.137. The Morgan fingerprint density at radius 3 is 2.23 bits per heavy atom. The number of methoxy groups -OCH3 is 4. The van der Waals surface area contributed by atoms with Gasteiger partial charge in [-0.2, -0.15) is 5.10 Å². The molecule has 3 rings (SSSR count). The molecule has 1 atom stereocenters. The molecule has 31 heavy (non-hydrogen) atoms. The van der Waals surface area contributed by atoms with E-state index in [2.05, 4.69) is 10.5 Å². The zero-order chi connectivity index (χ0) is 22.8. The topological polar surface area (TPSA) is 98.6 Å². The van der Waals surface area contributed by atoms with Crippen LogP contribution >= 0.6 is 0 Å². The minimum Gasteiger partial charge on any atom is -0.497 e. The fourth-order valence-electron chi connectivity index (χ4n) is 3.13. The van der Waals surface area contributed by atoms with Gasteiger partial charge in [0.25, 0.3) is 0 Å². The van der Waals surface area contributed by atoms with E-state index in [0.29, 0.717) is 23.7 Å². The van der Waals surface area contributed by atoms with Crippen molar-refractivity contribution in [3.05, 3.63) is 47.5 Å². The van der Waals surface area contributed by atoms with E-state index in [1.807, 2.05) is 43.3 Å². The lowest BCUT2D eigenvalue weighted by Crippen LogP contribution is -2.11. The minimum absolute atomic E-state index is 0.0370. The second kappa shape index (κ2) is 11.7. The second-order valence-electron chi connectivity index (χ2n) is 6.78. The number of nitrogens with one attached hydrogen (secondary N) is 1. The van der Waals surface area contributed by atoms with Crippen LogP contribution in [0.15, 0.2) is 41.5 Å². The summed E-state index contributed by atoms with van der Waals surface area (Å²) in [6, 6.07) is 11.8. The summed E-state index contributed by atoms with van der Waals surface area (Å²) in [5.41, 5.74) is 6.25. The molecular weight excluding hydrogens is 400 g/mol. The van der Waals surface area contributed by atoms with Crippen molar-refractivity contribution in [2.45, 2.75) is 32.2 Å². The van der Waals surface area contributed by atoms with Gasteiger partial charge in [0.1, 0.15) is 5.75 Å². The highest BCUT2D eigenvalue weighted by Gasteiger charge is 2.24. The van der Waals surface area contributed by atoms with E-state index in [1.165, 1.54) is 0 Å². The Bertz CT molecular complexity index is 888. The van der Waals surface area contributed by atoms with Gasteiger partial charge in [-0.3, -0.25) is 4.79 Å². The van der Waals surface area contributed by atoms with E-state index < -0.39 is 5.97 Å². The summed E-state index contributed by atoms with van der Waals surface area (Å²) < 4.78 is 21.5. The standard InChI is InChI=1S/C19H22N2O4.C4H8O2/c1-22-14-7-5-6-12(8-14)15-11-16(21-20-15)13-9-17(23-2)19(25-4)18(10-13)24-3;1-2-3-4(5)6/h5-10,16,21H,11H2,1-4H3;2-3H2,1H3,(H,5,6). The highest BCUT2D eigenvalue weighted by Crippen LogP contribution is 2.41. The molecule has 0 radical (unpaired) electrons. The number of aliphatic carboxylic acids is 1. The van der Waals surface area contributed by atoms with Crippen molar-refractivity contribution in [1.29, 1.82) is 0 Å². The zero-order valence-corrected chi connectivity index (χ0v) is 18.6. The Balaban J connectivity index is 0.000000501. The highest BCUT2D eigenvalue weighted by molar-refractivity contribution is 6.02. The van der Waals surface area contributed by atoms with Gasteiger partial charge in [0.05, 0.1) is 40.2 Å². The van der Waals surface area contributed by atoms with E-state index in [1.54, 1.807) is 28.4 Å². The quantitative estimate of drug-likeness (QED) is 0.652. The molecule has 8 heteroatoms. The van der Waals surface area contributed by atoms with Crippen LogP contribution in [0.3, 0.4) is 0 Å². The van der Waals surface area contributed by atoms with E-state index in [0.717, 1.165) is 35.4 Å². The van der Waals surface area contributed by atoms with Crippen LogP contribution < -0.4 is 24.4 Å². The van der Waals surface area contributed by atoms with Gasteiger partial charge in [-0.05, 0) is 36.2 Å². The molecule has 2 aromatic rings. The van der Waals surface area contributed by atoms with Gasteiger partial charge in [-0.1, -0.05) is 19.1 Å². The van der Waals surface area contributed by atoms with Crippen LogP contribution in [0.25, 0.3) is 0 Å². The molecular formula is C23H30N2O6. The number of nitrogens with zero attached hydrogens (tertiary/aromatic N) is 1. The average Bonchev–Trinajstić information content (AvgIpc) is 3.28. The molecule has 2 aromatic carbocycles. The van der Waals surface area contributed by atoms with Crippen molar-refractivity contribution in [3.63, 3.8) is 0 Å². The molecule has 1 aliphatic rings. The number of ether oxygens (including phenoxy) is 4. The number of hydrazone groups is 1. The molecule has 0 bridgehead atoms. The van der Waals surface area contributed by atoms with Gasteiger partial charge in [0.2, 0.25) is 5.75 Å². The first kappa shape index (κ1) is 23.9. The van der Waals surface area contributed by atoms with Crippen LogP contribution in [0.1, 0.15) is 43.4 Å². The third-order valence-corrected chi connectivity index (χ3v) is 4.71. The molecule has 1 unspecified atom stereocenters. The summed E-state index contributed by atoms with van der Waals surface area (Å²) in [7, 11) is 6.48. The molecule has 0 fully saturated rings. The van der Waals surface area contributed by atoms with E-state index in [-0.39, 0.29) is 6.04 Å². The first-order valence-corrected chi connectivity index (χ1v) is 9.95. The summed E-state index contributed by atoms with van der Waals surface area (Å²) in [5, 5.41) is 12.4. The maximum absolute atomic E-state index is 9.60. The third-order valence-electron chi connectivity index (χ3n) is 4.71. The maximum atomic E-state index is 9.60.